The van der Waals surface area contributed by atoms with E-state index in [0.29, 0.717) is 12.4 Å². The van der Waals surface area contributed by atoms with Crippen LogP contribution in [0.15, 0.2) is 54.6 Å². The summed E-state index contributed by atoms with van der Waals surface area (Å²) in [6, 6.07) is 17.0. The van der Waals surface area contributed by atoms with E-state index in [-0.39, 0.29) is 6.61 Å². The highest BCUT2D eigenvalue weighted by Crippen LogP contribution is 2.18. The van der Waals surface area contributed by atoms with Crippen molar-refractivity contribution < 1.29 is 14.3 Å². The van der Waals surface area contributed by atoms with Gasteiger partial charge in [0.25, 0.3) is 5.91 Å². The summed E-state index contributed by atoms with van der Waals surface area (Å²) in [7, 11) is 0. The standard InChI is InChI=1S/C15H15NO3.C2H6/c16-15(17)11-19-14-8-6-13(7-9-14)18-10-12-4-2-1-3-5-12;1-2/h1-9H,10-11H2,(H2,16,17);1-2H3. The molecule has 2 N–H and O–H groups in total. The molecule has 0 atom stereocenters. The first-order valence-electron chi connectivity index (χ1n) is 6.92. The molecule has 0 aliphatic heterocycles. The van der Waals surface area contributed by atoms with E-state index in [9.17, 15) is 4.79 Å². The molecule has 21 heavy (non-hydrogen) atoms. The van der Waals surface area contributed by atoms with E-state index >= 15 is 0 Å². The van der Waals surface area contributed by atoms with Gasteiger partial charge in [0.05, 0.1) is 0 Å². The van der Waals surface area contributed by atoms with Crippen molar-refractivity contribution in [1.29, 1.82) is 0 Å². The molecule has 4 heteroatoms. The van der Waals surface area contributed by atoms with Gasteiger partial charge in [0.1, 0.15) is 18.1 Å². The molecule has 0 aliphatic rings. The van der Waals surface area contributed by atoms with Gasteiger partial charge in [0, 0.05) is 0 Å². The highest BCUT2D eigenvalue weighted by Gasteiger charge is 1.99. The second kappa shape index (κ2) is 9.42. The molecular weight excluding hydrogens is 266 g/mol. The Balaban J connectivity index is 0.00000106. The lowest BCUT2D eigenvalue weighted by molar-refractivity contribution is -0.119. The first-order chi connectivity index (χ1) is 10.2. The molecule has 0 saturated heterocycles. The maximum Gasteiger partial charge on any atom is 0.255 e. The predicted molar refractivity (Wildman–Crippen MR) is 83.3 cm³/mol. The summed E-state index contributed by atoms with van der Waals surface area (Å²) >= 11 is 0. The van der Waals surface area contributed by atoms with Gasteiger partial charge in [-0.1, -0.05) is 44.2 Å². The molecule has 0 fully saturated rings. The number of benzene rings is 2. The predicted octanol–water partition coefficient (Wildman–Crippen LogP) is 3.16. The van der Waals surface area contributed by atoms with Gasteiger partial charge in [0.2, 0.25) is 0 Å². The summed E-state index contributed by atoms with van der Waals surface area (Å²) in [6.45, 7) is 4.40. The van der Waals surface area contributed by atoms with Crippen LogP contribution in [-0.4, -0.2) is 12.5 Å². The van der Waals surface area contributed by atoms with E-state index in [0.717, 1.165) is 11.3 Å². The molecule has 0 radical (unpaired) electrons. The quantitative estimate of drug-likeness (QED) is 0.887. The van der Waals surface area contributed by atoms with Crippen LogP contribution in [-0.2, 0) is 11.4 Å². The van der Waals surface area contributed by atoms with Gasteiger partial charge in [0.15, 0.2) is 6.61 Å². The smallest absolute Gasteiger partial charge is 0.255 e. The second-order valence-corrected chi connectivity index (χ2v) is 4.00. The molecule has 0 aromatic heterocycles. The fourth-order valence-corrected chi connectivity index (χ4v) is 1.53. The van der Waals surface area contributed by atoms with Crippen LogP contribution in [0.3, 0.4) is 0 Å². The Hall–Kier alpha value is -2.49. The van der Waals surface area contributed by atoms with Crippen LogP contribution < -0.4 is 15.2 Å². The molecule has 2 aromatic rings. The van der Waals surface area contributed by atoms with Crippen LogP contribution in [0.5, 0.6) is 11.5 Å². The lowest BCUT2D eigenvalue weighted by Crippen LogP contribution is -2.19. The average Bonchev–Trinajstić information content (AvgIpc) is 2.55. The molecule has 2 aromatic carbocycles. The van der Waals surface area contributed by atoms with Gasteiger partial charge in [-0.25, -0.2) is 0 Å². The third-order valence-electron chi connectivity index (χ3n) is 2.45. The Bertz CT molecular complexity index is 523. The summed E-state index contributed by atoms with van der Waals surface area (Å²) in [5, 5.41) is 0. The van der Waals surface area contributed by atoms with E-state index in [2.05, 4.69) is 0 Å². The number of primary amides is 1. The van der Waals surface area contributed by atoms with Crippen LogP contribution in [0, 0.1) is 0 Å². The zero-order valence-electron chi connectivity index (χ0n) is 12.4. The second-order valence-electron chi connectivity index (χ2n) is 4.00. The average molecular weight is 287 g/mol. The van der Waals surface area contributed by atoms with Crippen LogP contribution in [0.25, 0.3) is 0 Å². The van der Waals surface area contributed by atoms with E-state index in [1.807, 2.05) is 44.2 Å². The normalized spacial score (nSPS) is 9.24. The SMILES string of the molecule is CC.NC(=O)COc1ccc(OCc2ccccc2)cc1. The van der Waals surface area contributed by atoms with Crippen molar-refractivity contribution in [3.63, 3.8) is 0 Å². The molecule has 112 valence electrons. The van der Waals surface area contributed by atoms with Crippen LogP contribution in [0.2, 0.25) is 0 Å². The number of hydrogen-bond donors (Lipinski definition) is 1. The molecule has 0 spiro atoms. The summed E-state index contributed by atoms with van der Waals surface area (Å²) < 4.78 is 10.8. The fourth-order valence-electron chi connectivity index (χ4n) is 1.53. The Labute approximate surface area is 125 Å². The molecule has 4 nitrogen and oxygen atoms in total. The van der Waals surface area contributed by atoms with Crippen LogP contribution in [0.4, 0.5) is 0 Å². The minimum absolute atomic E-state index is 0.121. The summed E-state index contributed by atoms with van der Waals surface area (Å²) in [5.74, 6) is 0.838. The van der Waals surface area contributed by atoms with Crippen molar-refractivity contribution in [2.24, 2.45) is 5.73 Å². The minimum atomic E-state index is -0.496. The van der Waals surface area contributed by atoms with Crippen molar-refractivity contribution in [2.45, 2.75) is 20.5 Å². The Morgan fingerprint density at radius 2 is 1.43 bits per heavy atom. The van der Waals surface area contributed by atoms with E-state index in [1.54, 1.807) is 24.3 Å². The van der Waals surface area contributed by atoms with Gasteiger partial charge in [-0.2, -0.15) is 0 Å². The highest BCUT2D eigenvalue weighted by molar-refractivity contribution is 5.75. The molecule has 0 aliphatic carbocycles. The Kier molecular flexibility index (Phi) is 7.43. The number of rotatable bonds is 6. The van der Waals surface area contributed by atoms with E-state index in [1.165, 1.54) is 0 Å². The summed E-state index contributed by atoms with van der Waals surface area (Å²) in [4.78, 5) is 10.6. The van der Waals surface area contributed by atoms with Gasteiger partial charge in [-0.3, -0.25) is 4.79 Å². The monoisotopic (exact) mass is 287 g/mol. The van der Waals surface area contributed by atoms with Gasteiger partial charge in [-0.15, -0.1) is 0 Å². The zero-order chi connectivity index (χ0) is 15.5. The maximum atomic E-state index is 10.6. The van der Waals surface area contributed by atoms with Crippen molar-refractivity contribution in [1.82, 2.24) is 0 Å². The fraction of sp³-hybridized carbons (Fsp3) is 0.235. The van der Waals surface area contributed by atoms with Gasteiger partial charge >= 0.3 is 0 Å². The van der Waals surface area contributed by atoms with Crippen LogP contribution in [0.1, 0.15) is 19.4 Å². The van der Waals surface area contributed by atoms with Crippen molar-refractivity contribution in [3.05, 3.63) is 60.2 Å². The Morgan fingerprint density at radius 3 is 1.95 bits per heavy atom. The highest BCUT2D eigenvalue weighted by atomic mass is 16.5. The number of amides is 1. The largest absolute Gasteiger partial charge is 0.489 e. The first-order valence-corrected chi connectivity index (χ1v) is 6.92. The zero-order valence-corrected chi connectivity index (χ0v) is 12.4. The molecule has 0 saturated carbocycles. The number of carbonyl (C=O) groups is 1. The Morgan fingerprint density at radius 1 is 0.905 bits per heavy atom. The van der Waals surface area contributed by atoms with Crippen molar-refractivity contribution in [3.8, 4) is 11.5 Å². The van der Waals surface area contributed by atoms with Gasteiger partial charge in [-0.05, 0) is 29.8 Å². The first kappa shape index (κ1) is 16.6. The number of carbonyl (C=O) groups excluding carboxylic acids is 1. The third kappa shape index (κ3) is 6.47. The maximum absolute atomic E-state index is 10.6. The topological polar surface area (TPSA) is 61.6 Å². The number of hydrogen-bond acceptors (Lipinski definition) is 3. The molecule has 0 unspecified atom stereocenters. The minimum Gasteiger partial charge on any atom is -0.489 e. The lowest BCUT2D eigenvalue weighted by atomic mass is 10.2. The molecule has 1 amide bonds. The van der Waals surface area contributed by atoms with Crippen LogP contribution >= 0.6 is 0 Å². The number of nitrogens with two attached hydrogens (primary N) is 1. The van der Waals surface area contributed by atoms with Crippen molar-refractivity contribution >= 4 is 5.91 Å². The summed E-state index contributed by atoms with van der Waals surface area (Å²) in [6.07, 6.45) is 0. The molecule has 0 bridgehead atoms. The molecule has 0 heterocycles. The third-order valence-corrected chi connectivity index (χ3v) is 2.45. The van der Waals surface area contributed by atoms with E-state index < -0.39 is 5.91 Å². The number of ether oxygens (including phenoxy) is 2. The van der Waals surface area contributed by atoms with E-state index in [4.69, 9.17) is 15.2 Å². The van der Waals surface area contributed by atoms with Crippen molar-refractivity contribution in [2.75, 3.05) is 6.61 Å². The summed E-state index contributed by atoms with van der Waals surface area (Å²) in [5.41, 5.74) is 6.10. The van der Waals surface area contributed by atoms with Gasteiger partial charge < -0.3 is 15.2 Å². The lowest BCUT2D eigenvalue weighted by Gasteiger charge is -2.07. The molecule has 2 rings (SSSR count). The molecular formula is C17H21NO3.